The first kappa shape index (κ1) is 19.5. The van der Waals surface area contributed by atoms with E-state index in [2.05, 4.69) is 15.3 Å². The summed E-state index contributed by atoms with van der Waals surface area (Å²) in [4.78, 5) is 36.0. The minimum absolute atomic E-state index is 0.158. The number of rotatable bonds is 4. The van der Waals surface area contributed by atoms with E-state index < -0.39 is 6.04 Å². The van der Waals surface area contributed by atoms with Crippen LogP contribution in [0.5, 0.6) is 0 Å². The number of para-hydroxylation sites is 1. The molecule has 6 nitrogen and oxygen atoms in total. The predicted octanol–water partition coefficient (Wildman–Crippen LogP) is 3.26. The van der Waals surface area contributed by atoms with Crippen LogP contribution in [0.1, 0.15) is 23.5 Å². The van der Waals surface area contributed by atoms with Crippen molar-refractivity contribution in [2.24, 2.45) is 4.99 Å². The average Bonchev–Trinajstić information content (AvgIpc) is 3.51. The number of amides is 1. The third kappa shape index (κ3) is 3.60. The van der Waals surface area contributed by atoms with Crippen LogP contribution in [0.25, 0.3) is 6.08 Å². The summed E-state index contributed by atoms with van der Waals surface area (Å²) in [5.74, 6) is -0.260. The van der Waals surface area contributed by atoms with Gasteiger partial charge in [0.15, 0.2) is 4.80 Å². The molecule has 0 fully saturated rings. The van der Waals surface area contributed by atoms with Crippen molar-refractivity contribution in [2.45, 2.75) is 13.0 Å². The van der Waals surface area contributed by atoms with Crippen LogP contribution in [0, 0.1) is 0 Å². The second-order valence-corrected chi connectivity index (χ2v) is 9.03. The number of nitrogens with one attached hydrogen (secondary N) is 2. The van der Waals surface area contributed by atoms with Gasteiger partial charge in [-0.05, 0) is 48.7 Å². The molecule has 2 N–H and O–H groups in total. The van der Waals surface area contributed by atoms with E-state index in [0.717, 1.165) is 10.6 Å². The first-order chi connectivity index (χ1) is 15.1. The number of nitrogens with zero attached hydrogens (tertiary/aromatic N) is 2. The third-order valence-corrected chi connectivity index (χ3v) is 6.93. The Kier molecular flexibility index (Phi) is 5.01. The highest BCUT2D eigenvalue weighted by Crippen LogP contribution is 2.33. The lowest BCUT2D eigenvalue weighted by molar-refractivity contribution is -0.113. The van der Waals surface area contributed by atoms with Gasteiger partial charge in [-0.3, -0.25) is 14.2 Å². The molecule has 1 aromatic carbocycles. The molecule has 1 amide bonds. The van der Waals surface area contributed by atoms with Crippen LogP contribution in [-0.4, -0.2) is 15.5 Å². The maximum atomic E-state index is 13.4. The van der Waals surface area contributed by atoms with Crippen molar-refractivity contribution in [1.82, 2.24) is 9.55 Å². The Bertz CT molecular complexity index is 1440. The van der Waals surface area contributed by atoms with Crippen LogP contribution in [0.3, 0.4) is 0 Å². The molecule has 1 aliphatic rings. The highest BCUT2D eigenvalue weighted by molar-refractivity contribution is 7.10. The first-order valence-corrected chi connectivity index (χ1v) is 11.4. The number of fused-ring (bicyclic) bond motifs is 1. The van der Waals surface area contributed by atoms with Crippen LogP contribution in [0.15, 0.2) is 87.2 Å². The first-order valence-electron chi connectivity index (χ1n) is 9.67. The summed E-state index contributed by atoms with van der Waals surface area (Å²) in [5, 5.41) is 4.90. The van der Waals surface area contributed by atoms with Crippen LogP contribution >= 0.6 is 22.7 Å². The van der Waals surface area contributed by atoms with E-state index in [-0.39, 0.29) is 11.5 Å². The maximum Gasteiger partial charge on any atom is 0.271 e. The number of hydrogen-bond donors (Lipinski definition) is 2. The predicted molar refractivity (Wildman–Crippen MR) is 124 cm³/mol. The molecule has 154 valence electrons. The molecule has 1 aliphatic heterocycles. The number of thiazole rings is 1. The molecule has 31 heavy (non-hydrogen) atoms. The zero-order valence-corrected chi connectivity index (χ0v) is 18.2. The van der Waals surface area contributed by atoms with E-state index in [1.54, 1.807) is 4.57 Å². The molecule has 0 spiro atoms. The molecule has 0 unspecified atom stereocenters. The Morgan fingerprint density at radius 2 is 2.00 bits per heavy atom. The fourth-order valence-electron chi connectivity index (χ4n) is 3.62. The SMILES string of the molecule is CC1=C(C(=O)Nc2ccccc2)[C@@H](c2cccs2)n2c(s/c(=C/c3ccc[nH]3)c2=O)=N1. The van der Waals surface area contributed by atoms with Crippen LogP contribution in [-0.2, 0) is 4.79 Å². The summed E-state index contributed by atoms with van der Waals surface area (Å²) in [5.41, 5.74) is 2.47. The summed E-state index contributed by atoms with van der Waals surface area (Å²) >= 11 is 2.85. The third-order valence-electron chi connectivity index (χ3n) is 5.02. The Labute approximate surface area is 185 Å². The van der Waals surface area contributed by atoms with E-state index in [4.69, 9.17) is 0 Å². The monoisotopic (exact) mass is 446 g/mol. The van der Waals surface area contributed by atoms with Crippen molar-refractivity contribution in [3.63, 3.8) is 0 Å². The number of benzene rings is 1. The number of allylic oxidation sites excluding steroid dienone is 1. The second-order valence-electron chi connectivity index (χ2n) is 7.04. The number of aromatic amines is 1. The van der Waals surface area contributed by atoms with Crippen molar-refractivity contribution in [2.75, 3.05) is 5.32 Å². The van der Waals surface area contributed by atoms with Crippen molar-refractivity contribution >= 4 is 40.3 Å². The Morgan fingerprint density at radius 1 is 1.16 bits per heavy atom. The van der Waals surface area contributed by atoms with Gasteiger partial charge < -0.3 is 10.3 Å². The second kappa shape index (κ2) is 7.98. The van der Waals surface area contributed by atoms with Crippen LogP contribution < -0.4 is 20.2 Å². The van der Waals surface area contributed by atoms with Gasteiger partial charge in [0, 0.05) is 22.5 Å². The highest BCUT2D eigenvalue weighted by Gasteiger charge is 2.33. The van der Waals surface area contributed by atoms with Gasteiger partial charge in [0.25, 0.3) is 11.5 Å². The molecular formula is C23H18N4O2S2. The van der Waals surface area contributed by atoms with Crippen LogP contribution in [0.2, 0.25) is 0 Å². The van der Waals surface area contributed by atoms with E-state index in [0.29, 0.717) is 26.3 Å². The Hall–Kier alpha value is -3.49. The van der Waals surface area contributed by atoms with Crippen molar-refractivity contribution in [1.29, 1.82) is 0 Å². The molecule has 0 saturated heterocycles. The summed E-state index contributed by atoms with van der Waals surface area (Å²) in [6.45, 7) is 1.82. The fourth-order valence-corrected chi connectivity index (χ4v) is 5.48. The number of anilines is 1. The summed E-state index contributed by atoms with van der Waals surface area (Å²) in [6, 6.07) is 16.4. The smallest absolute Gasteiger partial charge is 0.271 e. The number of hydrogen-bond acceptors (Lipinski definition) is 5. The highest BCUT2D eigenvalue weighted by atomic mass is 32.1. The summed E-state index contributed by atoms with van der Waals surface area (Å²) in [7, 11) is 0. The number of aromatic nitrogens is 2. The molecule has 0 saturated carbocycles. The number of carbonyl (C=O) groups excluding carboxylic acids is 1. The molecular weight excluding hydrogens is 428 g/mol. The lowest BCUT2D eigenvalue weighted by atomic mass is 10.0. The van der Waals surface area contributed by atoms with E-state index in [1.807, 2.05) is 79.2 Å². The topological polar surface area (TPSA) is 79.2 Å². The van der Waals surface area contributed by atoms with Gasteiger partial charge in [0.2, 0.25) is 0 Å². The van der Waals surface area contributed by atoms with Crippen LogP contribution in [0.4, 0.5) is 5.69 Å². The average molecular weight is 447 g/mol. The van der Waals surface area contributed by atoms with E-state index in [9.17, 15) is 9.59 Å². The molecule has 1 atom stereocenters. The molecule has 3 aromatic heterocycles. The molecule has 0 bridgehead atoms. The minimum atomic E-state index is -0.522. The molecule has 5 rings (SSSR count). The summed E-state index contributed by atoms with van der Waals surface area (Å²) in [6.07, 6.45) is 3.63. The molecule has 0 aliphatic carbocycles. The Balaban J connectivity index is 1.66. The number of thiophene rings is 1. The molecule has 0 radical (unpaired) electrons. The van der Waals surface area contributed by atoms with Gasteiger partial charge in [-0.25, -0.2) is 4.99 Å². The number of H-pyrrole nitrogens is 1. The number of carbonyl (C=O) groups is 1. The quantitative estimate of drug-likeness (QED) is 0.505. The van der Waals surface area contributed by atoms with Gasteiger partial charge in [0.1, 0.15) is 6.04 Å². The molecule has 4 aromatic rings. The van der Waals surface area contributed by atoms with Crippen molar-refractivity contribution < 1.29 is 4.79 Å². The lowest BCUT2D eigenvalue weighted by Crippen LogP contribution is -2.40. The zero-order valence-electron chi connectivity index (χ0n) is 16.5. The molecule has 4 heterocycles. The fraction of sp³-hybridized carbons (Fsp3) is 0.0870. The largest absolute Gasteiger partial charge is 0.362 e. The normalized spacial score (nSPS) is 16.2. The van der Waals surface area contributed by atoms with Gasteiger partial charge in [0.05, 0.1) is 15.8 Å². The minimum Gasteiger partial charge on any atom is -0.362 e. The van der Waals surface area contributed by atoms with Gasteiger partial charge >= 0.3 is 0 Å². The summed E-state index contributed by atoms with van der Waals surface area (Å²) < 4.78 is 2.21. The van der Waals surface area contributed by atoms with E-state index in [1.165, 1.54) is 22.7 Å². The van der Waals surface area contributed by atoms with Gasteiger partial charge in [-0.2, -0.15) is 0 Å². The zero-order chi connectivity index (χ0) is 21.4. The van der Waals surface area contributed by atoms with Crippen molar-refractivity contribution in [3.05, 3.63) is 108 Å². The lowest BCUT2D eigenvalue weighted by Gasteiger charge is -2.24. The maximum absolute atomic E-state index is 13.4. The molecule has 8 heteroatoms. The standard InChI is InChI=1S/C23H18N4O2S2/c1-14-19(21(28)26-15-7-3-2-4-8-15)20(17-10-6-12-30-17)27-22(29)18(31-23(27)25-14)13-16-9-5-11-24-16/h2-13,20,24H,1H3,(H,26,28)/b18-13+/t20-/m1/s1. The van der Waals surface area contributed by atoms with Gasteiger partial charge in [-0.15, -0.1) is 11.3 Å². The Morgan fingerprint density at radius 3 is 2.71 bits per heavy atom. The van der Waals surface area contributed by atoms with Gasteiger partial charge in [-0.1, -0.05) is 35.6 Å². The van der Waals surface area contributed by atoms with Crippen molar-refractivity contribution in [3.8, 4) is 0 Å². The van der Waals surface area contributed by atoms with E-state index >= 15 is 0 Å².